The average molecular weight is 367 g/mol. The van der Waals surface area contributed by atoms with Crippen molar-refractivity contribution in [2.45, 2.75) is 19.5 Å². The lowest BCUT2D eigenvalue weighted by atomic mass is 10.1. The van der Waals surface area contributed by atoms with E-state index in [1.165, 1.54) is 18.5 Å². The number of nitrogens with zero attached hydrogens (tertiary/aromatic N) is 5. The predicted octanol–water partition coefficient (Wildman–Crippen LogP) is 2.88. The summed E-state index contributed by atoms with van der Waals surface area (Å²) in [6.45, 7) is 5.56. The van der Waals surface area contributed by atoms with Crippen LogP contribution in [0.5, 0.6) is 5.88 Å². The second kappa shape index (κ2) is 7.44. The molecule has 0 N–H and O–H groups in total. The van der Waals surface area contributed by atoms with Gasteiger partial charge in [0, 0.05) is 49.7 Å². The largest absolute Gasteiger partial charge is 0.481 e. The van der Waals surface area contributed by atoms with Crippen LogP contribution in [0.15, 0.2) is 42.7 Å². The van der Waals surface area contributed by atoms with Crippen molar-refractivity contribution in [2.75, 3.05) is 31.6 Å². The number of pyridine rings is 1. The van der Waals surface area contributed by atoms with Gasteiger partial charge in [0.25, 0.3) is 0 Å². The molecule has 3 aromatic rings. The van der Waals surface area contributed by atoms with Gasteiger partial charge < -0.3 is 9.64 Å². The molecule has 27 heavy (non-hydrogen) atoms. The first-order chi connectivity index (χ1) is 13.1. The maximum atomic E-state index is 13.5. The molecule has 1 aromatic carbocycles. The lowest BCUT2D eigenvalue weighted by Gasteiger charge is -2.40. The second-order valence-corrected chi connectivity index (χ2v) is 6.80. The highest BCUT2D eigenvalue weighted by atomic mass is 19.1. The number of anilines is 1. The Hall–Kier alpha value is -2.80. The van der Waals surface area contributed by atoms with Crippen LogP contribution in [-0.2, 0) is 6.54 Å². The number of halogens is 1. The highest BCUT2D eigenvalue weighted by Crippen LogP contribution is 2.26. The summed E-state index contributed by atoms with van der Waals surface area (Å²) in [5, 5.41) is 0.883. The van der Waals surface area contributed by atoms with E-state index in [0.29, 0.717) is 17.4 Å². The first-order valence-electron chi connectivity index (χ1n) is 9.03. The van der Waals surface area contributed by atoms with Crippen LogP contribution in [0.4, 0.5) is 10.2 Å². The van der Waals surface area contributed by atoms with Gasteiger partial charge in [0.2, 0.25) is 5.88 Å². The molecule has 1 aliphatic heterocycles. The molecule has 1 unspecified atom stereocenters. The second-order valence-electron chi connectivity index (χ2n) is 6.80. The van der Waals surface area contributed by atoms with Gasteiger partial charge in [-0.3, -0.25) is 4.90 Å². The molecule has 1 fully saturated rings. The van der Waals surface area contributed by atoms with Gasteiger partial charge in [-0.2, -0.15) is 0 Å². The molecule has 140 valence electrons. The fourth-order valence-corrected chi connectivity index (χ4v) is 3.56. The lowest BCUT2D eigenvalue weighted by molar-refractivity contribution is 0.178. The van der Waals surface area contributed by atoms with Gasteiger partial charge in [-0.25, -0.2) is 19.3 Å². The number of hydrogen-bond acceptors (Lipinski definition) is 6. The number of fused-ring (bicyclic) bond motifs is 1. The first-order valence-corrected chi connectivity index (χ1v) is 9.03. The number of benzene rings is 1. The number of rotatable bonds is 4. The van der Waals surface area contributed by atoms with E-state index >= 15 is 0 Å². The Morgan fingerprint density at radius 2 is 2.07 bits per heavy atom. The number of hydrogen-bond donors (Lipinski definition) is 0. The molecular weight excluding hydrogens is 345 g/mol. The molecule has 0 saturated carbocycles. The Balaban J connectivity index is 1.50. The van der Waals surface area contributed by atoms with E-state index in [9.17, 15) is 4.39 Å². The molecule has 1 atom stereocenters. The van der Waals surface area contributed by atoms with Gasteiger partial charge in [-0.1, -0.05) is 6.07 Å². The summed E-state index contributed by atoms with van der Waals surface area (Å²) in [5.41, 5.74) is 1.63. The number of piperazine rings is 1. The quantitative estimate of drug-likeness (QED) is 0.707. The molecule has 0 bridgehead atoms. The zero-order valence-corrected chi connectivity index (χ0v) is 15.5. The summed E-state index contributed by atoms with van der Waals surface area (Å²) in [5.74, 6) is 1.22. The fraction of sp³-hybridized carbons (Fsp3) is 0.350. The van der Waals surface area contributed by atoms with Crippen LogP contribution >= 0.6 is 0 Å². The number of ether oxygens (including phenoxy) is 1. The number of aromatic nitrogens is 3. The molecule has 0 aliphatic carbocycles. The Morgan fingerprint density at radius 1 is 1.19 bits per heavy atom. The molecule has 6 nitrogen and oxygen atoms in total. The number of methoxy groups -OCH3 is 1. The van der Waals surface area contributed by atoms with E-state index in [1.807, 2.05) is 18.2 Å². The van der Waals surface area contributed by atoms with Crippen molar-refractivity contribution < 1.29 is 9.13 Å². The van der Waals surface area contributed by atoms with Crippen molar-refractivity contribution in [3.63, 3.8) is 0 Å². The van der Waals surface area contributed by atoms with Crippen molar-refractivity contribution in [1.82, 2.24) is 19.9 Å². The third-order valence-electron chi connectivity index (χ3n) is 5.00. The average Bonchev–Trinajstić information content (AvgIpc) is 2.69. The standard InChI is InChI=1S/C20H22FN5O/c1-14-11-26(20-17-7-6-15(21)10-18(17)22-13-23-20)9-8-25(14)12-16-4-3-5-19(24-16)27-2/h3-7,10,13-14H,8-9,11-12H2,1-2H3. The molecule has 0 spiro atoms. The summed E-state index contributed by atoms with van der Waals surface area (Å²) in [7, 11) is 1.63. The Labute approximate surface area is 157 Å². The molecule has 4 rings (SSSR count). The lowest BCUT2D eigenvalue weighted by Crippen LogP contribution is -2.51. The van der Waals surface area contributed by atoms with Gasteiger partial charge >= 0.3 is 0 Å². The van der Waals surface area contributed by atoms with Crippen LogP contribution < -0.4 is 9.64 Å². The maximum Gasteiger partial charge on any atom is 0.213 e. The summed E-state index contributed by atoms with van der Waals surface area (Å²) < 4.78 is 18.7. The van der Waals surface area contributed by atoms with Crippen molar-refractivity contribution in [3.8, 4) is 5.88 Å². The van der Waals surface area contributed by atoms with Crippen molar-refractivity contribution in [2.24, 2.45) is 0 Å². The van der Waals surface area contributed by atoms with Crippen LogP contribution in [-0.4, -0.2) is 52.6 Å². The zero-order valence-electron chi connectivity index (χ0n) is 15.5. The van der Waals surface area contributed by atoms with Gasteiger partial charge in [0.05, 0.1) is 18.3 Å². The summed E-state index contributed by atoms with van der Waals surface area (Å²) >= 11 is 0. The van der Waals surface area contributed by atoms with Crippen molar-refractivity contribution >= 4 is 16.7 Å². The minimum absolute atomic E-state index is 0.281. The normalized spacial score (nSPS) is 18.0. The van der Waals surface area contributed by atoms with Gasteiger partial charge in [0.15, 0.2) is 0 Å². The molecule has 1 saturated heterocycles. The summed E-state index contributed by atoms with van der Waals surface area (Å²) in [4.78, 5) is 17.8. The smallest absolute Gasteiger partial charge is 0.213 e. The van der Waals surface area contributed by atoms with E-state index in [0.717, 1.165) is 43.1 Å². The third-order valence-corrected chi connectivity index (χ3v) is 5.00. The highest BCUT2D eigenvalue weighted by Gasteiger charge is 2.26. The van der Waals surface area contributed by atoms with E-state index in [2.05, 4.69) is 31.7 Å². The first kappa shape index (κ1) is 17.6. The van der Waals surface area contributed by atoms with Crippen LogP contribution in [0.25, 0.3) is 10.9 Å². The zero-order chi connectivity index (χ0) is 18.8. The topological polar surface area (TPSA) is 54.4 Å². The van der Waals surface area contributed by atoms with Crippen molar-refractivity contribution in [3.05, 3.63) is 54.2 Å². The molecule has 7 heteroatoms. The Kier molecular flexibility index (Phi) is 4.85. The highest BCUT2D eigenvalue weighted by molar-refractivity contribution is 5.89. The maximum absolute atomic E-state index is 13.5. The third kappa shape index (κ3) is 3.68. The van der Waals surface area contributed by atoms with E-state index in [1.54, 1.807) is 13.2 Å². The minimum Gasteiger partial charge on any atom is -0.481 e. The summed E-state index contributed by atoms with van der Waals surface area (Å²) in [6, 6.07) is 10.9. The molecule has 0 radical (unpaired) electrons. The van der Waals surface area contributed by atoms with Crippen LogP contribution in [0.2, 0.25) is 0 Å². The van der Waals surface area contributed by atoms with E-state index in [-0.39, 0.29) is 5.82 Å². The van der Waals surface area contributed by atoms with Crippen molar-refractivity contribution in [1.29, 1.82) is 0 Å². The molecular formula is C20H22FN5O. The Morgan fingerprint density at radius 3 is 2.89 bits per heavy atom. The minimum atomic E-state index is -0.281. The SMILES string of the molecule is COc1cccc(CN2CCN(c3ncnc4cc(F)ccc34)CC2C)n1. The monoisotopic (exact) mass is 367 g/mol. The molecule has 0 amide bonds. The van der Waals surface area contributed by atoms with Gasteiger partial charge in [0.1, 0.15) is 18.0 Å². The van der Waals surface area contributed by atoms with Crippen LogP contribution in [0, 0.1) is 5.82 Å². The molecule has 2 aromatic heterocycles. The Bertz CT molecular complexity index is 951. The molecule has 1 aliphatic rings. The summed E-state index contributed by atoms with van der Waals surface area (Å²) in [6.07, 6.45) is 1.51. The van der Waals surface area contributed by atoms with Gasteiger partial charge in [-0.15, -0.1) is 0 Å². The predicted molar refractivity (Wildman–Crippen MR) is 102 cm³/mol. The fourth-order valence-electron chi connectivity index (χ4n) is 3.56. The van der Waals surface area contributed by atoms with Crippen LogP contribution in [0.3, 0.4) is 0 Å². The van der Waals surface area contributed by atoms with E-state index in [4.69, 9.17) is 4.74 Å². The molecule has 3 heterocycles. The van der Waals surface area contributed by atoms with Crippen LogP contribution in [0.1, 0.15) is 12.6 Å². The van der Waals surface area contributed by atoms with Gasteiger partial charge in [-0.05, 0) is 25.1 Å². The van der Waals surface area contributed by atoms with E-state index < -0.39 is 0 Å².